The number of fused-ring (bicyclic) bond motifs is 2. The van der Waals surface area contributed by atoms with Gasteiger partial charge in [0.2, 0.25) is 0 Å². The molecule has 0 aromatic heterocycles. The molecule has 6 nitrogen and oxygen atoms in total. The third kappa shape index (κ3) is 20.0. The fourth-order valence-corrected chi connectivity index (χ4v) is 10.1. The van der Waals surface area contributed by atoms with E-state index in [-0.39, 0.29) is 47.5 Å². The van der Waals surface area contributed by atoms with Crippen molar-refractivity contribution in [2.75, 3.05) is 0 Å². The van der Waals surface area contributed by atoms with Gasteiger partial charge in [0.25, 0.3) is 0 Å². The summed E-state index contributed by atoms with van der Waals surface area (Å²) >= 11 is 0. The number of benzene rings is 4. The predicted molar refractivity (Wildman–Crippen MR) is 258 cm³/mol. The van der Waals surface area contributed by atoms with Crippen molar-refractivity contribution in [1.82, 2.24) is 0 Å². The van der Waals surface area contributed by atoms with Crippen molar-refractivity contribution in [2.45, 2.75) is 217 Å². The zero-order valence-electron chi connectivity index (χ0n) is 38.5. The molecule has 0 unspecified atom stereocenters. The molecular weight excluding hydrogens is 825 g/mol. The van der Waals surface area contributed by atoms with Crippen molar-refractivity contribution < 1.29 is 25.9 Å². The van der Waals surface area contributed by atoms with Gasteiger partial charge in [-0.2, -0.15) is 0 Å². The molecule has 0 bridgehead atoms. The maximum absolute atomic E-state index is 12.0. The van der Waals surface area contributed by atoms with Crippen LogP contribution >= 0.6 is 0 Å². The quantitative estimate of drug-likeness (QED) is 0.0292. The minimum absolute atomic E-state index is 0. The molecule has 336 valence electrons. The first-order chi connectivity index (χ1) is 29.0. The van der Waals surface area contributed by atoms with Gasteiger partial charge in [-0.25, -0.2) is 16.8 Å². The Bertz CT molecular complexity index is 1900. The van der Waals surface area contributed by atoms with E-state index in [1.165, 1.54) is 116 Å². The maximum atomic E-state index is 12.0. The molecule has 9 heteroatoms. The molecule has 0 heterocycles. The smallest absolute Gasteiger partial charge is 0.744 e. The number of hydrogen-bond donors (Lipinski definition) is 0. The van der Waals surface area contributed by atoms with Crippen molar-refractivity contribution in [3.63, 3.8) is 0 Å². The topological polar surface area (TPSA) is 114 Å². The summed E-state index contributed by atoms with van der Waals surface area (Å²) in [7, 11) is -8.99. The molecule has 4 rings (SSSR count). The summed E-state index contributed by atoms with van der Waals surface area (Å²) in [5.41, 5.74) is 4.33. The van der Waals surface area contributed by atoms with Crippen LogP contribution in [-0.2, 0) is 45.9 Å². The van der Waals surface area contributed by atoms with E-state index in [4.69, 9.17) is 0 Å². The molecule has 0 saturated carbocycles. The first-order valence-corrected chi connectivity index (χ1v) is 26.8. The Labute approximate surface area is 402 Å². The molecular formula is C52H78CaO6S2. The van der Waals surface area contributed by atoms with E-state index in [9.17, 15) is 25.9 Å². The van der Waals surface area contributed by atoms with Gasteiger partial charge in [-0.05, 0) is 96.5 Å². The maximum Gasteiger partial charge on any atom is 2.00 e. The summed E-state index contributed by atoms with van der Waals surface area (Å²) in [6.45, 7) is 8.87. The first kappa shape index (κ1) is 55.6. The average Bonchev–Trinajstić information content (AvgIpc) is 3.22. The van der Waals surface area contributed by atoms with E-state index in [2.05, 4.69) is 27.7 Å². The molecule has 61 heavy (non-hydrogen) atoms. The van der Waals surface area contributed by atoms with Gasteiger partial charge in [0, 0.05) is 10.8 Å². The second-order valence-electron chi connectivity index (χ2n) is 17.1. The van der Waals surface area contributed by atoms with E-state index in [0.717, 1.165) is 97.2 Å². The molecule has 0 aliphatic rings. The van der Waals surface area contributed by atoms with Gasteiger partial charge < -0.3 is 9.11 Å². The van der Waals surface area contributed by atoms with E-state index < -0.39 is 20.2 Å². The standard InChI is InChI=1S/2C26H40O3S.Ca/c2*1-3-5-7-9-11-13-16-22-20-21-25(30(27,28)29)26-23(18-15-19-24(22)26)17-14-12-10-8-6-4-2;/h2*15,18-21H,3-14,16-17H2,1-2H3,(H,27,28,29);/q;;+2/p-2. The van der Waals surface area contributed by atoms with Gasteiger partial charge in [0.15, 0.2) is 0 Å². The second-order valence-corrected chi connectivity index (χ2v) is 19.8. The molecule has 0 N–H and O–H groups in total. The van der Waals surface area contributed by atoms with Gasteiger partial charge in [0.1, 0.15) is 20.2 Å². The third-order valence-corrected chi connectivity index (χ3v) is 13.9. The van der Waals surface area contributed by atoms with Gasteiger partial charge in [-0.1, -0.05) is 205 Å². The van der Waals surface area contributed by atoms with E-state index in [0.29, 0.717) is 10.8 Å². The van der Waals surface area contributed by atoms with Crippen molar-refractivity contribution >= 4 is 79.5 Å². The molecule has 0 fully saturated rings. The van der Waals surface area contributed by atoms with Crippen molar-refractivity contribution in [3.8, 4) is 0 Å². The molecule has 0 spiro atoms. The Morgan fingerprint density at radius 1 is 0.344 bits per heavy atom. The molecule has 0 saturated heterocycles. The van der Waals surface area contributed by atoms with Gasteiger partial charge in [-0.3, -0.25) is 0 Å². The van der Waals surface area contributed by atoms with Crippen LogP contribution in [0.15, 0.2) is 70.5 Å². The van der Waals surface area contributed by atoms with Crippen molar-refractivity contribution in [1.29, 1.82) is 0 Å². The molecule has 0 radical (unpaired) electrons. The predicted octanol–water partition coefficient (Wildman–Crippen LogP) is 14.7. The first-order valence-electron chi connectivity index (χ1n) is 24.0. The van der Waals surface area contributed by atoms with Crippen LogP contribution in [0.1, 0.15) is 204 Å². The normalized spacial score (nSPS) is 11.8. The van der Waals surface area contributed by atoms with Crippen LogP contribution in [-0.4, -0.2) is 63.7 Å². The monoisotopic (exact) mass is 902 g/mol. The molecule has 4 aromatic carbocycles. The Hall–Kier alpha value is -1.52. The van der Waals surface area contributed by atoms with Crippen LogP contribution in [0.2, 0.25) is 0 Å². The van der Waals surface area contributed by atoms with E-state index in [1.54, 1.807) is 12.1 Å². The Kier molecular flexibility index (Phi) is 28.6. The van der Waals surface area contributed by atoms with Crippen LogP contribution in [0.25, 0.3) is 21.5 Å². The molecule has 0 aliphatic carbocycles. The molecule has 0 aliphatic heterocycles. The SMILES string of the molecule is CCCCCCCCc1ccc(S(=O)(=O)[O-])c2c(CCCCCCCC)cccc12.CCCCCCCCc1ccc(S(=O)(=O)[O-])c2c(CCCCCCCC)cccc12.[Ca+2]. The van der Waals surface area contributed by atoms with Crippen LogP contribution in [0.4, 0.5) is 0 Å². The number of unbranched alkanes of at least 4 members (excludes halogenated alkanes) is 20. The van der Waals surface area contributed by atoms with Crippen LogP contribution in [0, 0.1) is 0 Å². The van der Waals surface area contributed by atoms with Crippen LogP contribution in [0.5, 0.6) is 0 Å². The van der Waals surface area contributed by atoms with Gasteiger partial charge >= 0.3 is 37.7 Å². The van der Waals surface area contributed by atoms with Crippen molar-refractivity contribution in [3.05, 3.63) is 82.9 Å². The molecule has 4 aromatic rings. The molecule has 0 atom stereocenters. The number of aryl methyl sites for hydroxylation is 4. The molecule has 0 amide bonds. The summed E-state index contributed by atoms with van der Waals surface area (Å²) < 4.78 is 71.8. The largest absolute Gasteiger partial charge is 2.00 e. The van der Waals surface area contributed by atoms with Gasteiger partial charge in [-0.15, -0.1) is 0 Å². The fraction of sp³-hybridized carbons (Fsp3) is 0.615. The Morgan fingerprint density at radius 3 is 0.885 bits per heavy atom. The summed E-state index contributed by atoms with van der Waals surface area (Å²) in [6, 6.07) is 18.8. The number of hydrogen-bond acceptors (Lipinski definition) is 6. The average molecular weight is 903 g/mol. The zero-order chi connectivity index (χ0) is 43.6. The third-order valence-electron chi connectivity index (χ3n) is 12.1. The van der Waals surface area contributed by atoms with Gasteiger partial charge in [0.05, 0.1) is 9.79 Å². The minimum Gasteiger partial charge on any atom is -0.744 e. The second kappa shape index (κ2) is 31.4. The van der Waals surface area contributed by atoms with Crippen molar-refractivity contribution in [2.24, 2.45) is 0 Å². The zero-order valence-corrected chi connectivity index (χ0v) is 42.4. The number of rotatable bonds is 30. The van der Waals surface area contributed by atoms with E-state index in [1.807, 2.05) is 48.5 Å². The minimum atomic E-state index is -4.50. The summed E-state index contributed by atoms with van der Waals surface area (Å²) in [4.78, 5) is -0.100. The summed E-state index contributed by atoms with van der Waals surface area (Å²) in [6.07, 6.45) is 32.6. The Morgan fingerprint density at radius 2 is 0.607 bits per heavy atom. The Balaban J connectivity index is 0.000000413. The van der Waals surface area contributed by atoms with Crippen LogP contribution in [0.3, 0.4) is 0 Å². The summed E-state index contributed by atoms with van der Waals surface area (Å²) in [5, 5.41) is 3.24. The fourth-order valence-electron chi connectivity index (χ4n) is 8.67. The van der Waals surface area contributed by atoms with E-state index >= 15 is 0 Å². The summed E-state index contributed by atoms with van der Waals surface area (Å²) in [5.74, 6) is 0. The van der Waals surface area contributed by atoms with Crippen LogP contribution < -0.4 is 0 Å².